The van der Waals surface area contributed by atoms with Crippen molar-refractivity contribution in [1.82, 2.24) is 14.9 Å². The molecule has 0 radical (unpaired) electrons. The molecular weight excluding hydrogens is 318 g/mol. The lowest BCUT2D eigenvalue weighted by molar-refractivity contribution is 0.0731. The molecule has 0 bridgehead atoms. The van der Waals surface area contributed by atoms with Gasteiger partial charge in [-0.05, 0) is 36.2 Å². The Balaban J connectivity index is 1.47. The van der Waals surface area contributed by atoms with E-state index in [4.69, 9.17) is 10.5 Å². The minimum absolute atomic E-state index is 0.0244. The Kier molecular flexibility index (Phi) is 4.23. The zero-order chi connectivity index (χ0) is 17.2. The van der Waals surface area contributed by atoms with Crippen LogP contribution in [0.2, 0.25) is 0 Å². The molecule has 2 aliphatic heterocycles. The van der Waals surface area contributed by atoms with Gasteiger partial charge in [-0.2, -0.15) is 0 Å². The summed E-state index contributed by atoms with van der Waals surface area (Å²) in [5.74, 6) is 0.277. The Hall–Kier alpha value is -2.67. The van der Waals surface area contributed by atoms with Crippen molar-refractivity contribution < 1.29 is 9.53 Å². The number of morpholine rings is 1. The first-order valence-corrected chi connectivity index (χ1v) is 8.53. The maximum Gasteiger partial charge on any atom is 0.254 e. The number of carbonyl (C=O) groups excluding carboxylic acids is 1. The van der Waals surface area contributed by atoms with E-state index in [1.165, 1.54) is 0 Å². The second kappa shape index (κ2) is 6.68. The van der Waals surface area contributed by atoms with Crippen LogP contribution in [0.25, 0.3) is 0 Å². The number of nitrogens with zero attached hydrogens (tertiary/aromatic N) is 4. The molecule has 1 aromatic carbocycles. The monoisotopic (exact) mass is 339 g/mol. The van der Waals surface area contributed by atoms with E-state index in [1.807, 2.05) is 29.2 Å². The molecular formula is C18H21N5O2. The number of ether oxygens (including phenoxy) is 1. The normalized spacial score (nSPS) is 17.3. The summed E-state index contributed by atoms with van der Waals surface area (Å²) in [4.78, 5) is 25.2. The number of rotatable bonds is 2. The number of hydrogen-bond donors (Lipinski definition) is 1. The lowest BCUT2D eigenvalue weighted by atomic mass is 10.1. The van der Waals surface area contributed by atoms with Crippen molar-refractivity contribution in [3.8, 4) is 0 Å². The van der Waals surface area contributed by atoms with Crippen molar-refractivity contribution in [2.75, 3.05) is 43.5 Å². The molecule has 7 heteroatoms. The molecule has 25 heavy (non-hydrogen) atoms. The fourth-order valence-electron chi connectivity index (χ4n) is 3.31. The zero-order valence-electron chi connectivity index (χ0n) is 14.0. The number of nitrogens with two attached hydrogens (primary N) is 1. The summed E-state index contributed by atoms with van der Waals surface area (Å²) in [5.41, 5.74) is 9.40. The van der Waals surface area contributed by atoms with E-state index in [9.17, 15) is 4.79 Å². The first-order chi connectivity index (χ1) is 12.2. The van der Waals surface area contributed by atoms with Crippen molar-refractivity contribution in [2.45, 2.75) is 13.0 Å². The summed E-state index contributed by atoms with van der Waals surface area (Å²) < 4.78 is 5.38. The summed E-state index contributed by atoms with van der Waals surface area (Å²) in [5, 5.41) is 0. The summed E-state index contributed by atoms with van der Waals surface area (Å²) >= 11 is 0. The van der Waals surface area contributed by atoms with Crippen LogP contribution in [0.5, 0.6) is 0 Å². The van der Waals surface area contributed by atoms with Crippen LogP contribution in [0.1, 0.15) is 21.6 Å². The smallest absolute Gasteiger partial charge is 0.254 e. The number of anilines is 2. The van der Waals surface area contributed by atoms with Gasteiger partial charge in [-0.1, -0.05) is 0 Å². The third-order valence-electron chi connectivity index (χ3n) is 4.74. The number of amides is 1. The SMILES string of the molecule is Nc1ncc2c(n1)CN(C(=O)c1ccc(N3CCOCC3)cc1)CC2. The Bertz CT molecular complexity index is 772. The molecule has 1 fully saturated rings. The van der Waals surface area contributed by atoms with Crippen molar-refractivity contribution in [1.29, 1.82) is 0 Å². The third kappa shape index (κ3) is 3.28. The fraction of sp³-hybridized carbons (Fsp3) is 0.389. The Morgan fingerprint density at radius 2 is 1.88 bits per heavy atom. The molecule has 7 nitrogen and oxygen atoms in total. The van der Waals surface area contributed by atoms with E-state index in [0.717, 1.165) is 49.7 Å². The van der Waals surface area contributed by atoms with E-state index in [2.05, 4.69) is 14.9 Å². The van der Waals surface area contributed by atoms with E-state index in [1.54, 1.807) is 6.20 Å². The molecule has 0 aliphatic carbocycles. The van der Waals surface area contributed by atoms with Crippen molar-refractivity contribution in [3.05, 3.63) is 47.3 Å². The summed E-state index contributed by atoms with van der Waals surface area (Å²) in [7, 11) is 0. The average Bonchev–Trinajstić information content (AvgIpc) is 2.67. The van der Waals surface area contributed by atoms with E-state index in [-0.39, 0.29) is 11.9 Å². The quantitative estimate of drug-likeness (QED) is 0.882. The largest absolute Gasteiger partial charge is 0.378 e. The number of nitrogen functional groups attached to an aromatic ring is 1. The second-order valence-electron chi connectivity index (χ2n) is 6.32. The van der Waals surface area contributed by atoms with Gasteiger partial charge in [-0.3, -0.25) is 4.79 Å². The zero-order valence-corrected chi connectivity index (χ0v) is 14.0. The lowest BCUT2D eigenvalue weighted by Crippen LogP contribution is -2.37. The Labute approximate surface area is 146 Å². The highest BCUT2D eigenvalue weighted by atomic mass is 16.5. The van der Waals surface area contributed by atoms with Gasteiger partial charge in [-0.15, -0.1) is 0 Å². The van der Waals surface area contributed by atoms with Crippen molar-refractivity contribution in [2.24, 2.45) is 0 Å². The van der Waals surface area contributed by atoms with Gasteiger partial charge in [0.15, 0.2) is 0 Å². The van der Waals surface area contributed by atoms with Crippen molar-refractivity contribution in [3.63, 3.8) is 0 Å². The highest BCUT2D eigenvalue weighted by Gasteiger charge is 2.23. The topological polar surface area (TPSA) is 84.6 Å². The van der Waals surface area contributed by atoms with Crippen LogP contribution in [-0.2, 0) is 17.7 Å². The molecule has 3 heterocycles. The number of aromatic nitrogens is 2. The molecule has 2 aliphatic rings. The highest BCUT2D eigenvalue weighted by Crippen LogP contribution is 2.21. The Morgan fingerprint density at radius 3 is 2.64 bits per heavy atom. The maximum atomic E-state index is 12.8. The summed E-state index contributed by atoms with van der Waals surface area (Å²) in [6, 6.07) is 7.82. The van der Waals surface area contributed by atoms with Gasteiger partial charge in [0.05, 0.1) is 25.5 Å². The number of carbonyl (C=O) groups is 1. The van der Waals surface area contributed by atoms with Crippen LogP contribution < -0.4 is 10.6 Å². The minimum Gasteiger partial charge on any atom is -0.378 e. The molecule has 130 valence electrons. The van der Waals surface area contributed by atoms with E-state index < -0.39 is 0 Å². The molecule has 1 aromatic heterocycles. The summed E-state index contributed by atoms with van der Waals surface area (Å²) in [6.07, 6.45) is 2.52. The van der Waals surface area contributed by atoms with Crippen molar-refractivity contribution >= 4 is 17.5 Å². The molecule has 1 amide bonds. The van der Waals surface area contributed by atoms with Gasteiger partial charge in [0, 0.05) is 37.1 Å². The first-order valence-electron chi connectivity index (χ1n) is 8.53. The molecule has 0 spiro atoms. The molecule has 0 atom stereocenters. The third-order valence-corrected chi connectivity index (χ3v) is 4.74. The first kappa shape index (κ1) is 15.8. The molecule has 1 saturated heterocycles. The molecule has 0 saturated carbocycles. The van der Waals surface area contributed by atoms with Crippen LogP contribution >= 0.6 is 0 Å². The fourth-order valence-corrected chi connectivity index (χ4v) is 3.31. The molecule has 2 aromatic rings. The standard InChI is InChI=1S/C18H21N5O2/c19-18-20-11-14-5-6-23(12-16(14)21-18)17(24)13-1-3-15(4-2-13)22-7-9-25-10-8-22/h1-4,11H,5-10,12H2,(H2,19,20,21). The Morgan fingerprint density at radius 1 is 1.12 bits per heavy atom. The lowest BCUT2D eigenvalue weighted by Gasteiger charge is -2.30. The van der Waals surface area contributed by atoms with Gasteiger partial charge in [0.1, 0.15) is 0 Å². The van der Waals surface area contributed by atoms with Crippen LogP contribution in [0.4, 0.5) is 11.6 Å². The van der Waals surface area contributed by atoms with E-state index >= 15 is 0 Å². The predicted molar refractivity (Wildman–Crippen MR) is 94.4 cm³/mol. The molecule has 4 rings (SSSR count). The van der Waals surface area contributed by atoms with Crippen LogP contribution in [0.15, 0.2) is 30.5 Å². The molecule has 0 unspecified atom stereocenters. The van der Waals surface area contributed by atoms with Crippen LogP contribution in [-0.4, -0.2) is 53.6 Å². The average molecular weight is 339 g/mol. The number of hydrogen-bond acceptors (Lipinski definition) is 6. The van der Waals surface area contributed by atoms with E-state index in [0.29, 0.717) is 18.7 Å². The van der Waals surface area contributed by atoms with Gasteiger partial charge >= 0.3 is 0 Å². The van der Waals surface area contributed by atoms with Crippen LogP contribution in [0, 0.1) is 0 Å². The predicted octanol–water partition coefficient (Wildman–Crippen LogP) is 1.09. The molecule has 2 N–H and O–H groups in total. The highest BCUT2D eigenvalue weighted by molar-refractivity contribution is 5.94. The van der Waals surface area contributed by atoms with Gasteiger partial charge in [0.2, 0.25) is 5.95 Å². The summed E-state index contributed by atoms with van der Waals surface area (Å²) in [6.45, 7) is 4.42. The maximum absolute atomic E-state index is 12.8. The van der Waals surface area contributed by atoms with Gasteiger partial charge in [0.25, 0.3) is 5.91 Å². The minimum atomic E-state index is 0.0244. The van der Waals surface area contributed by atoms with Gasteiger partial charge in [-0.25, -0.2) is 9.97 Å². The number of benzene rings is 1. The van der Waals surface area contributed by atoms with Gasteiger partial charge < -0.3 is 20.3 Å². The van der Waals surface area contributed by atoms with Crippen LogP contribution in [0.3, 0.4) is 0 Å². The number of fused-ring (bicyclic) bond motifs is 1. The second-order valence-corrected chi connectivity index (χ2v) is 6.32.